The van der Waals surface area contributed by atoms with Crippen molar-refractivity contribution >= 4 is 12.0 Å². The number of amides is 2. The van der Waals surface area contributed by atoms with Crippen molar-refractivity contribution in [3.63, 3.8) is 0 Å². The molecule has 0 aliphatic carbocycles. The molecule has 2 aromatic carbocycles. The van der Waals surface area contributed by atoms with Crippen molar-refractivity contribution in [3.05, 3.63) is 70.4 Å². The van der Waals surface area contributed by atoms with Crippen molar-refractivity contribution in [2.24, 2.45) is 0 Å². The summed E-state index contributed by atoms with van der Waals surface area (Å²) in [5.41, 5.74) is 4.01. The van der Waals surface area contributed by atoms with Crippen molar-refractivity contribution in [3.8, 4) is 11.5 Å². The van der Waals surface area contributed by atoms with Crippen molar-refractivity contribution in [1.82, 2.24) is 10.6 Å². The number of aryl methyl sites for hydroxylation is 1. The molecule has 2 heterocycles. The van der Waals surface area contributed by atoms with Crippen LogP contribution in [0.2, 0.25) is 0 Å². The number of esters is 1. The zero-order valence-electron chi connectivity index (χ0n) is 17.6. The quantitative estimate of drug-likeness (QED) is 0.587. The number of quaternary nitrogens is 1. The maximum atomic E-state index is 12.9. The molecule has 2 aliphatic rings. The first-order chi connectivity index (χ1) is 15.0. The molecule has 0 aromatic heterocycles. The molecule has 162 valence electrons. The molecule has 0 spiro atoms. The molecule has 2 amide bonds. The zero-order valence-corrected chi connectivity index (χ0v) is 17.6. The van der Waals surface area contributed by atoms with E-state index in [9.17, 15) is 9.59 Å². The summed E-state index contributed by atoms with van der Waals surface area (Å²) in [6.45, 7) is 5.34. The van der Waals surface area contributed by atoms with E-state index in [-0.39, 0.29) is 19.4 Å². The Hall–Kier alpha value is -3.52. The Morgan fingerprint density at radius 2 is 1.90 bits per heavy atom. The lowest BCUT2D eigenvalue weighted by molar-refractivity contribution is -0.664. The standard InChI is InChI=1S/C23H25N3O5/c1-3-29-22(27)20-17(12-24-11-15-6-4-14(2)5-7-15)25-23(28)26-21(20)16-8-9-18-19(10-16)31-13-30-18/h4-10,21,24H,3,11-13H2,1-2H3,(H2,25,26,28)/p+1/t21-/m0/s1. The molecular formula is C23H26N3O5+. The Morgan fingerprint density at radius 1 is 1.13 bits per heavy atom. The average molecular weight is 424 g/mol. The lowest BCUT2D eigenvalue weighted by atomic mass is 9.94. The Kier molecular flexibility index (Phi) is 6.08. The predicted molar refractivity (Wildman–Crippen MR) is 112 cm³/mol. The SMILES string of the molecule is CCOC(=O)C1=C(C[NH2+]Cc2ccc(C)cc2)NC(=O)N[C@H]1c1ccc2c(c1)OCO2. The normalized spacial score (nSPS) is 17.2. The lowest BCUT2D eigenvalue weighted by Gasteiger charge is -2.28. The minimum absolute atomic E-state index is 0.150. The molecule has 0 saturated carbocycles. The Labute approximate surface area is 180 Å². The Morgan fingerprint density at radius 3 is 2.68 bits per heavy atom. The highest BCUT2D eigenvalue weighted by Crippen LogP contribution is 2.36. The minimum Gasteiger partial charge on any atom is -0.463 e. The summed E-state index contributed by atoms with van der Waals surface area (Å²) in [5, 5.41) is 7.68. The molecule has 0 unspecified atom stereocenters. The molecular weight excluding hydrogens is 398 g/mol. The molecule has 8 nitrogen and oxygen atoms in total. The predicted octanol–water partition coefficient (Wildman–Crippen LogP) is 1.66. The first-order valence-electron chi connectivity index (χ1n) is 10.3. The van der Waals surface area contributed by atoms with Gasteiger partial charge in [-0.3, -0.25) is 0 Å². The Bertz CT molecular complexity index is 1020. The molecule has 2 aliphatic heterocycles. The van der Waals surface area contributed by atoms with Crippen LogP contribution in [0.15, 0.2) is 53.7 Å². The molecule has 31 heavy (non-hydrogen) atoms. The van der Waals surface area contributed by atoms with Crippen molar-refractivity contribution in [2.75, 3.05) is 19.9 Å². The highest BCUT2D eigenvalue weighted by atomic mass is 16.7. The van der Waals surface area contributed by atoms with Crippen molar-refractivity contribution < 1.29 is 29.1 Å². The fraction of sp³-hybridized carbons (Fsp3) is 0.304. The zero-order chi connectivity index (χ0) is 21.8. The maximum Gasteiger partial charge on any atom is 0.338 e. The molecule has 0 fully saturated rings. The van der Waals surface area contributed by atoms with Crippen molar-refractivity contribution in [1.29, 1.82) is 0 Å². The van der Waals surface area contributed by atoms with E-state index in [1.807, 2.05) is 18.3 Å². The van der Waals surface area contributed by atoms with Crippen LogP contribution in [-0.4, -0.2) is 31.9 Å². The number of urea groups is 1. The molecule has 0 bridgehead atoms. The molecule has 0 saturated heterocycles. The van der Waals surface area contributed by atoms with Gasteiger partial charge < -0.3 is 30.2 Å². The summed E-state index contributed by atoms with van der Waals surface area (Å²) in [6.07, 6.45) is 0. The second kappa shape index (κ2) is 9.09. The fourth-order valence-electron chi connectivity index (χ4n) is 3.68. The van der Waals surface area contributed by atoms with E-state index in [4.69, 9.17) is 14.2 Å². The summed E-state index contributed by atoms with van der Waals surface area (Å²) in [6, 6.07) is 12.6. The number of ether oxygens (including phenoxy) is 3. The van der Waals surface area contributed by atoms with Gasteiger partial charge >= 0.3 is 12.0 Å². The Balaban J connectivity index is 1.61. The number of carbonyl (C=O) groups excluding carboxylic acids is 2. The van der Waals surface area contributed by atoms with E-state index in [2.05, 4.69) is 34.9 Å². The highest BCUT2D eigenvalue weighted by molar-refractivity contribution is 5.95. The van der Waals surface area contributed by atoms with Gasteiger partial charge in [-0.2, -0.15) is 0 Å². The van der Waals surface area contributed by atoms with Gasteiger partial charge in [0.15, 0.2) is 11.5 Å². The van der Waals surface area contributed by atoms with E-state index in [1.54, 1.807) is 19.1 Å². The van der Waals surface area contributed by atoms with E-state index in [0.29, 0.717) is 29.3 Å². The van der Waals surface area contributed by atoms with Crippen LogP contribution in [0.3, 0.4) is 0 Å². The third kappa shape index (κ3) is 4.64. The second-order valence-corrected chi connectivity index (χ2v) is 7.44. The van der Waals surface area contributed by atoms with Gasteiger partial charge in [0, 0.05) is 5.56 Å². The molecule has 4 N–H and O–H groups in total. The van der Waals surface area contributed by atoms with Crippen LogP contribution in [0.25, 0.3) is 0 Å². The van der Waals surface area contributed by atoms with Crippen LogP contribution in [-0.2, 0) is 16.1 Å². The van der Waals surface area contributed by atoms with E-state index in [0.717, 1.165) is 17.7 Å². The number of nitrogens with two attached hydrogens (primary N) is 1. The smallest absolute Gasteiger partial charge is 0.338 e. The summed E-state index contributed by atoms with van der Waals surface area (Å²) < 4.78 is 16.1. The van der Waals surface area contributed by atoms with Gasteiger partial charge in [-0.05, 0) is 31.5 Å². The van der Waals surface area contributed by atoms with Crippen LogP contribution >= 0.6 is 0 Å². The van der Waals surface area contributed by atoms with Gasteiger partial charge in [-0.1, -0.05) is 35.9 Å². The number of rotatable bonds is 7. The molecule has 2 aromatic rings. The summed E-state index contributed by atoms with van der Waals surface area (Å²) in [5.74, 6) is 0.759. The van der Waals surface area contributed by atoms with Gasteiger partial charge in [-0.25, -0.2) is 9.59 Å². The van der Waals surface area contributed by atoms with E-state index < -0.39 is 12.0 Å². The van der Waals surface area contributed by atoms with E-state index in [1.165, 1.54) is 5.56 Å². The number of carbonyl (C=O) groups is 2. The molecule has 1 atom stereocenters. The number of hydrogen-bond donors (Lipinski definition) is 3. The highest BCUT2D eigenvalue weighted by Gasteiger charge is 2.35. The first kappa shape index (κ1) is 20.7. The van der Waals surface area contributed by atoms with Gasteiger partial charge in [-0.15, -0.1) is 0 Å². The molecule has 4 rings (SSSR count). The summed E-state index contributed by atoms with van der Waals surface area (Å²) >= 11 is 0. The van der Waals surface area contributed by atoms with E-state index >= 15 is 0 Å². The summed E-state index contributed by atoms with van der Waals surface area (Å²) in [7, 11) is 0. The monoisotopic (exact) mass is 424 g/mol. The third-order valence-corrected chi connectivity index (χ3v) is 5.23. The third-order valence-electron chi connectivity index (χ3n) is 5.23. The van der Waals surface area contributed by atoms with Crippen molar-refractivity contribution in [2.45, 2.75) is 26.4 Å². The average Bonchev–Trinajstić information content (AvgIpc) is 3.23. The van der Waals surface area contributed by atoms with Gasteiger partial charge in [0.1, 0.15) is 13.1 Å². The van der Waals surface area contributed by atoms with Crippen LogP contribution in [0.5, 0.6) is 11.5 Å². The number of fused-ring (bicyclic) bond motifs is 1. The first-order valence-corrected chi connectivity index (χ1v) is 10.3. The van der Waals surface area contributed by atoms with Gasteiger partial charge in [0.25, 0.3) is 0 Å². The fourth-order valence-corrected chi connectivity index (χ4v) is 3.68. The van der Waals surface area contributed by atoms with Gasteiger partial charge in [0.05, 0.1) is 23.9 Å². The topological polar surface area (TPSA) is 102 Å². The number of benzene rings is 2. The molecule has 8 heteroatoms. The lowest BCUT2D eigenvalue weighted by Crippen LogP contribution is -2.84. The molecule has 0 radical (unpaired) electrons. The van der Waals surface area contributed by atoms with Crippen LogP contribution in [0.1, 0.15) is 29.7 Å². The maximum absolute atomic E-state index is 12.9. The number of nitrogens with one attached hydrogen (secondary N) is 2. The second-order valence-electron chi connectivity index (χ2n) is 7.44. The summed E-state index contributed by atoms with van der Waals surface area (Å²) in [4.78, 5) is 25.3. The minimum atomic E-state index is -0.648. The van der Waals surface area contributed by atoms with Gasteiger partial charge in [0.2, 0.25) is 6.79 Å². The largest absolute Gasteiger partial charge is 0.463 e. The van der Waals surface area contributed by atoms with Crippen LogP contribution in [0.4, 0.5) is 4.79 Å². The van der Waals surface area contributed by atoms with Crippen LogP contribution in [0, 0.1) is 6.92 Å². The number of hydrogen-bond acceptors (Lipinski definition) is 5. The van der Waals surface area contributed by atoms with Crippen LogP contribution < -0.4 is 25.4 Å².